The molecule has 1 aliphatic carbocycles. The molecule has 1 saturated carbocycles. The van der Waals surface area contributed by atoms with Crippen LogP contribution < -0.4 is 10.0 Å². The van der Waals surface area contributed by atoms with E-state index in [4.69, 9.17) is 0 Å². The van der Waals surface area contributed by atoms with Crippen molar-refractivity contribution in [2.24, 2.45) is 5.41 Å². The maximum atomic E-state index is 12.3. The molecule has 2 rings (SSSR count). The Morgan fingerprint density at radius 1 is 1.37 bits per heavy atom. The number of sulfonamides is 1. The largest absolute Gasteiger partial charge is 0.386 e. The second kappa shape index (κ2) is 5.46. The first-order chi connectivity index (χ1) is 8.97. The van der Waals surface area contributed by atoms with Gasteiger partial charge in [-0.3, -0.25) is 0 Å². The predicted octanol–water partition coefficient (Wildman–Crippen LogP) is 1.98. The Morgan fingerprint density at radius 2 is 2.05 bits per heavy atom. The first-order valence-electron chi connectivity index (χ1n) is 6.59. The molecule has 0 saturated heterocycles. The van der Waals surface area contributed by atoms with Gasteiger partial charge < -0.3 is 5.32 Å². The number of pyridine rings is 1. The van der Waals surface area contributed by atoms with Crippen LogP contribution in [0, 0.1) is 5.41 Å². The van der Waals surface area contributed by atoms with E-state index in [1.807, 2.05) is 0 Å². The van der Waals surface area contributed by atoms with Gasteiger partial charge in [-0.05, 0) is 30.4 Å². The van der Waals surface area contributed by atoms with Crippen molar-refractivity contribution in [1.82, 2.24) is 9.71 Å². The highest BCUT2D eigenvalue weighted by Gasteiger charge is 2.31. The minimum atomic E-state index is -3.55. The Kier molecular flexibility index (Phi) is 4.10. The van der Waals surface area contributed by atoms with Gasteiger partial charge in [0, 0.05) is 19.8 Å². The Bertz CT molecular complexity index is 537. The van der Waals surface area contributed by atoms with Crippen LogP contribution in [0.3, 0.4) is 0 Å². The lowest BCUT2D eigenvalue weighted by Gasteiger charge is -2.23. The summed E-state index contributed by atoms with van der Waals surface area (Å²) in [7, 11) is -1.86. The Hall–Kier alpha value is -1.14. The van der Waals surface area contributed by atoms with Crippen LogP contribution in [0.15, 0.2) is 23.4 Å². The van der Waals surface area contributed by atoms with Crippen molar-refractivity contribution in [3.63, 3.8) is 0 Å². The predicted molar refractivity (Wildman–Crippen MR) is 75.5 cm³/mol. The van der Waals surface area contributed by atoms with Gasteiger partial charge in [0.1, 0.15) is 0 Å². The van der Waals surface area contributed by atoms with Crippen LogP contribution in [0.4, 0.5) is 5.69 Å². The molecule has 1 heterocycles. The van der Waals surface area contributed by atoms with Gasteiger partial charge in [0.05, 0.1) is 5.69 Å². The lowest BCUT2D eigenvalue weighted by atomic mass is 9.89. The van der Waals surface area contributed by atoms with Gasteiger partial charge >= 0.3 is 0 Å². The van der Waals surface area contributed by atoms with E-state index in [9.17, 15) is 8.42 Å². The van der Waals surface area contributed by atoms with E-state index in [1.165, 1.54) is 19.0 Å². The monoisotopic (exact) mass is 283 g/mol. The second-order valence-corrected chi connectivity index (χ2v) is 7.13. The zero-order valence-corrected chi connectivity index (χ0v) is 12.3. The van der Waals surface area contributed by atoms with Gasteiger partial charge in [0.2, 0.25) is 0 Å². The molecule has 0 aliphatic heterocycles. The second-order valence-electron chi connectivity index (χ2n) is 5.45. The average Bonchev–Trinajstić information content (AvgIpc) is 2.84. The molecule has 5 nitrogen and oxygen atoms in total. The minimum Gasteiger partial charge on any atom is -0.386 e. The first-order valence-corrected chi connectivity index (χ1v) is 8.08. The lowest BCUT2D eigenvalue weighted by Crippen LogP contribution is -2.34. The van der Waals surface area contributed by atoms with Gasteiger partial charge in [-0.25, -0.2) is 18.1 Å². The van der Waals surface area contributed by atoms with Gasteiger partial charge in [-0.15, -0.1) is 0 Å². The van der Waals surface area contributed by atoms with E-state index in [0.29, 0.717) is 12.2 Å². The third-order valence-electron chi connectivity index (χ3n) is 3.79. The van der Waals surface area contributed by atoms with Crippen LogP contribution in [-0.4, -0.2) is 27.0 Å². The van der Waals surface area contributed by atoms with E-state index in [0.717, 1.165) is 12.8 Å². The molecule has 6 heteroatoms. The minimum absolute atomic E-state index is 0.0686. The standard InChI is InChI=1S/C13H21N3O2S/c1-13(7-3-4-8-13)10-16-19(17,18)12-11(14-2)6-5-9-15-12/h5-6,9,14,16H,3-4,7-8,10H2,1-2H3. The third kappa shape index (κ3) is 3.25. The molecule has 0 radical (unpaired) electrons. The zero-order valence-electron chi connectivity index (χ0n) is 11.4. The molecule has 0 spiro atoms. The number of nitrogens with zero attached hydrogens (tertiary/aromatic N) is 1. The molecule has 2 N–H and O–H groups in total. The molecule has 0 bridgehead atoms. The lowest BCUT2D eigenvalue weighted by molar-refractivity contribution is 0.336. The highest BCUT2D eigenvalue weighted by molar-refractivity contribution is 7.89. The number of hydrogen-bond donors (Lipinski definition) is 2. The zero-order chi connectivity index (χ0) is 13.9. The van der Waals surface area contributed by atoms with Crippen LogP contribution in [0.25, 0.3) is 0 Å². The van der Waals surface area contributed by atoms with Gasteiger partial charge in [-0.1, -0.05) is 19.8 Å². The van der Waals surface area contributed by atoms with Crippen LogP contribution >= 0.6 is 0 Å². The van der Waals surface area contributed by atoms with Crippen molar-refractivity contribution in [3.8, 4) is 0 Å². The molecule has 1 aliphatic rings. The number of anilines is 1. The van der Waals surface area contributed by atoms with Crippen LogP contribution in [-0.2, 0) is 10.0 Å². The van der Waals surface area contributed by atoms with Gasteiger partial charge in [0.15, 0.2) is 5.03 Å². The molecule has 106 valence electrons. The quantitative estimate of drug-likeness (QED) is 0.867. The Balaban J connectivity index is 2.14. The van der Waals surface area contributed by atoms with Crippen molar-refractivity contribution in [1.29, 1.82) is 0 Å². The summed E-state index contributed by atoms with van der Waals surface area (Å²) in [5.74, 6) is 0. The highest BCUT2D eigenvalue weighted by atomic mass is 32.2. The van der Waals surface area contributed by atoms with E-state index in [1.54, 1.807) is 19.2 Å². The van der Waals surface area contributed by atoms with Crippen LogP contribution in [0.5, 0.6) is 0 Å². The SMILES string of the molecule is CNc1cccnc1S(=O)(=O)NCC1(C)CCCC1. The van der Waals surface area contributed by atoms with Crippen molar-refractivity contribution < 1.29 is 8.42 Å². The molecule has 1 aromatic heterocycles. The van der Waals surface area contributed by atoms with Crippen molar-refractivity contribution in [3.05, 3.63) is 18.3 Å². The smallest absolute Gasteiger partial charge is 0.260 e. The normalized spacial score (nSPS) is 18.4. The number of nitrogens with one attached hydrogen (secondary N) is 2. The summed E-state index contributed by atoms with van der Waals surface area (Å²) in [6.07, 6.45) is 6.02. The van der Waals surface area contributed by atoms with Crippen molar-refractivity contribution in [2.45, 2.75) is 37.6 Å². The summed E-state index contributed by atoms with van der Waals surface area (Å²) in [5.41, 5.74) is 0.605. The van der Waals surface area contributed by atoms with E-state index in [-0.39, 0.29) is 10.4 Å². The molecule has 0 atom stereocenters. The van der Waals surface area contributed by atoms with Crippen molar-refractivity contribution in [2.75, 3.05) is 18.9 Å². The van der Waals surface area contributed by atoms with E-state index in [2.05, 4.69) is 21.9 Å². The summed E-state index contributed by atoms with van der Waals surface area (Å²) in [6.45, 7) is 2.62. The fraction of sp³-hybridized carbons (Fsp3) is 0.615. The molecule has 1 aromatic rings. The topological polar surface area (TPSA) is 71.1 Å². The Labute approximate surface area is 114 Å². The summed E-state index contributed by atoms with van der Waals surface area (Å²) >= 11 is 0. The number of hydrogen-bond acceptors (Lipinski definition) is 4. The Morgan fingerprint density at radius 3 is 2.68 bits per heavy atom. The molecule has 0 aromatic carbocycles. The summed E-state index contributed by atoms with van der Waals surface area (Å²) in [6, 6.07) is 3.42. The van der Waals surface area contributed by atoms with Crippen LogP contribution in [0.2, 0.25) is 0 Å². The molecule has 0 unspecified atom stereocenters. The van der Waals surface area contributed by atoms with Gasteiger partial charge in [-0.2, -0.15) is 0 Å². The first kappa shape index (κ1) is 14.3. The summed E-state index contributed by atoms with van der Waals surface area (Å²) in [5, 5.41) is 2.93. The third-order valence-corrected chi connectivity index (χ3v) is 5.15. The van der Waals surface area contributed by atoms with E-state index < -0.39 is 10.0 Å². The fourth-order valence-electron chi connectivity index (χ4n) is 2.54. The number of rotatable bonds is 5. The van der Waals surface area contributed by atoms with Crippen molar-refractivity contribution >= 4 is 15.7 Å². The van der Waals surface area contributed by atoms with Crippen LogP contribution in [0.1, 0.15) is 32.6 Å². The molecule has 1 fully saturated rings. The molecule has 0 amide bonds. The van der Waals surface area contributed by atoms with E-state index >= 15 is 0 Å². The summed E-state index contributed by atoms with van der Waals surface area (Å²) in [4.78, 5) is 3.98. The maximum absolute atomic E-state index is 12.3. The fourth-order valence-corrected chi connectivity index (χ4v) is 3.87. The van der Waals surface area contributed by atoms with Gasteiger partial charge in [0.25, 0.3) is 10.0 Å². The summed E-state index contributed by atoms with van der Waals surface area (Å²) < 4.78 is 27.3. The molecule has 19 heavy (non-hydrogen) atoms. The molecular formula is C13H21N3O2S. The maximum Gasteiger partial charge on any atom is 0.260 e. The average molecular weight is 283 g/mol. The molecular weight excluding hydrogens is 262 g/mol. The number of aromatic nitrogens is 1. The highest BCUT2D eigenvalue weighted by Crippen LogP contribution is 2.37.